The monoisotopic (exact) mass is 255 g/mol. The van der Waals surface area contributed by atoms with Gasteiger partial charge in [0.1, 0.15) is 0 Å². The van der Waals surface area contributed by atoms with Gasteiger partial charge in [0.15, 0.2) is 6.10 Å². The molecule has 2 heterocycles. The third-order valence-corrected chi connectivity index (χ3v) is 3.41. The fourth-order valence-electron chi connectivity index (χ4n) is 1.81. The van der Waals surface area contributed by atoms with Gasteiger partial charge in [-0.25, -0.2) is 4.79 Å². The molecular weight excluding hydrogens is 242 g/mol. The van der Waals surface area contributed by atoms with Crippen molar-refractivity contribution in [3.8, 4) is 0 Å². The number of carboxylic acid groups (broad SMARTS) is 1. The van der Waals surface area contributed by atoms with E-state index in [0.29, 0.717) is 11.4 Å². The van der Waals surface area contributed by atoms with E-state index in [9.17, 15) is 9.59 Å². The van der Waals surface area contributed by atoms with Crippen LogP contribution in [0.15, 0.2) is 17.5 Å². The number of hydrogen-bond donors (Lipinski definition) is 1. The van der Waals surface area contributed by atoms with E-state index in [0.717, 1.165) is 0 Å². The third-order valence-electron chi connectivity index (χ3n) is 2.55. The molecule has 2 rings (SSSR count). The Kier molecular flexibility index (Phi) is 3.44. The molecule has 1 aliphatic rings. The van der Waals surface area contributed by atoms with Crippen molar-refractivity contribution in [1.29, 1.82) is 0 Å². The van der Waals surface area contributed by atoms with Crippen LogP contribution in [0.2, 0.25) is 0 Å². The Morgan fingerprint density at radius 2 is 2.29 bits per heavy atom. The SMILES string of the molecule is C[C@@H]1CN(C(=O)c2cccs2)CC(C(=O)O)O1. The highest BCUT2D eigenvalue weighted by Crippen LogP contribution is 2.17. The lowest BCUT2D eigenvalue weighted by Crippen LogP contribution is -2.51. The Hall–Kier alpha value is -1.40. The van der Waals surface area contributed by atoms with Crippen LogP contribution < -0.4 is 0 Å². The number of thiophene rings is 1. The van der Waals surface area contributed by atoms with E-state index in [2.05, 4.69) is 0 Å². The van der Waals surface area contributed by atoms with Crippen LogP contribution in [0.25, 0.3) is 0 Å². The number of carbonyl (C=O) groups excluding carboxylic acids is 1. The highest BCUT2D eigenvalue weighted by atomic mass is 32.1. The van der Waals surface area contributed by atoms with E-state index in [1.807, 2.05) is 5.38 Å². The van der Waals surface area contributed by atoms with Crippen LogP contribution >= 0.6 is 11.3 Å². The van der Waals surface area contributed by atoms with Crippen molar-refractivity contribution in [1.82, 2.24) is 4.90 Å². The number of ether oxygens (including phenoxy) is 1. The molecule has 0 radical (unpaired) electrons. The number of amides is 1. The van der Waals surface area contributed by atoms with Gasteiger partial charge in [0.25, 0.3) is 5.91 Å². The van der Waals surface area contributed by atoms with E-state index in [4.69, 9.17) is 9.84 Å². The summed E-state index contributed by atoms with van der Waals surface area (Å²) < 4.78 is 5.26. The summed E-state index contributed by atoms with van der Waals surface area (Å²) >= 11 is 1.36. The standard InChI is InChI=1S/C11H13NO4S/c1-7-5-12(6-8(16-7)11(14)15)10(13)9-3-2-4-17-9/h2-4,7-8H,5-6H2,1H3,(H,14,15)/t7-,8?/m1/s1. The molecule has 1 aliphatic heterocycles. The topological polar surface area (TPSA) is 66.8 Å². The van der Waals surface area contributed by atoms with Gasteiger partial charge in [-0.3, -0.25) is 4.79 Å². The lowest BCUT2D eigenvalue weighted by molar-refractivity contribution is -0.160. The fraction of sp³-hybridized carbons (Fsp3) is 0.455. The van der Waals surface area contributed by atoms with Crippen molar-refractivity contribution in [2.24, 2.45) is 0 Å². The molecule has 2 atom stereocenters. The number of carbonyl (C=O) groups is 2. The molecule has 0 bridgehead atoms. The molecule has 1 unspecified atom stereocenters. The van der Waals surface area contributed by atoms with Crippen molar-refractivity contribution in [3.63, 3.8) is 0 Å². The average Bonchev–Trinajstić information content (AvgIpc) is 2.80. The van der Waals surface area contributed by atoms with E-state index in [1.165, 1.54) is 11.3 Å². The maximum Gasteiger partial charge on any atom is 0.334 e. The molecule has 6 heteroatoms. The lowest BCUT2D eigenvalue weighted by Gasteiger charge is -2.34. The highest BCUT2D eigenvalue weighted by Gasteiger charge is 2.33. The minimum absolute atomic E-state index is 0.108. The summed E-state index contributed by atoms with van der Waals surface area (Å²) in [4.78, 5) is 25.1. The van der Waals surface area contributed by atoms with Crippen LogP contribution in [0.1, 0.15) is 16.6 Å². The first-order valence-corrected chi connectivity index (χ1v) is 6.17. The van der Waals surface area contributed by atoms with Crippen LogP contribution in [-0.4, -0.2) is 47.2 Å². The van der Waals surface area contributed by atoms with Crippen molar-refractivity contribution in [3.05, 3.63) is 22.4 Å². The second-order valence-corrected chi connectivity index (χ2v) is 4.91. The van der Waals surface area contributed by atoms with Crippen LogP contribution in [0.4, 0.5) is 0 Å². The van der Waals surface area contributed by atoms with Crippen LogP contribution in [0.3, 0.4) is 0 Å². The van der Waals surface area contributed by atoms with Crippen molar-refractivity contribution in [2.45, 2.75) is 19.1 Å². The molecule has 1 N–H and O–H groups in total. The number of aliphatic carboxylic acids is 1. The molecule has 1 amide bonds. The van der Waals surface area contributed by atoms with E-state index in [1.54, 1.807) is 24.0 Å². The summed E-state index contributed by atoms with van der Waals surface area (Å²) in [7, 11) is 0. The molecule has 92 valence electrons. The highest BCUT2D eigenvalue weighted by molar-refractivity contribution is 7.12. The van der Waals surface area contributed by atoms with Crippen LogP contribution in [0.5, 0.6) is 0 Å². The second-order valence-electron chi connectivity index (χ2n) is 3.96. The Labute approximate surface area is 103 Å². The predicted octanol–water partition coefficient (Wildman–Crippen LogP) is 1.06. The van der Waals surface area contributed by atoms with E-state index < -0.39 is 12.1 Å². The largest absolute Gasteiger partial charge is 0.479 e. The fourth-order valence-corrected chi connectivity index (χ4v) is 2.50. The van der Waals surface area contributed by atoms with Gasteiger partial charge < -0.3 is 14.7 Å². The Balaban J connectivity index is 2.10. The summed E-state index contributed by atoms with van der Waals surface area (Å²) in [5.74, 6) is -1.15. The number of rotatable bonds is 2. The van der Waals surface area contributed by atoms with Crippen LogP contribution in [-0.2, 0) is 9.53 Å². The maximum atomic E-state index is 12.1. The Morgan fingerprint density at radius 1 is 1.53 bits per heavy atom. The number of carboxylic acids is 1. The quantitative estimate of drug-likeness (QED) is 0.858. The van der Waals surface area contributed by atoms with Crippen molar-refractivity contribution in [2.75, 3.05) is 13.1 Å². The van der Waals surface area contributed by atoms with Crippen molar-refractivity contribution >= 4 is 23.2 Å². The van der Waals surface area contributed by atoms with Gasteiger partial charge >= 0.3 is 5.97 Å². The van der Waals surface area contributed by atoms with E-state index in [-0.39, 0.29) is 18.6 Å². The molecule has 17 heavy (non-hydrogen) atoms. The molecule has 0 aliphatic carbocycles. The molecule has 1 aromatic heterocycles. The van der Waals surface area contributed by atoms with Gasteiger partial charge in [0.05, 0.1) is 17.5 Å². The smallest absolute Gasteiger partial charge is 0.334 e. The minimum Gasteiger partial charge on any atom is -0.479 e. The molecule has 0 aromatic carbocycles. The predicted molar refractivity (Wildman–Crippen MR) is 62.2 cm³/mol. The minimum atomic E-state index is -1.03. The van der Waals surface area contributed by atoms with Crippen LogP contribution in [0, 0.1) is 0 Å². The molecule has 0 saturated carbocycles. The Morgan fingerprint density at radius 3 is 2.88 bits per heavy atom. The third kappa shape index (κ3) is 2.65. The lowest BCUT2D eigenvalue weighted by atomic mass is 10.2. The molecule has 5 nitrogen and oxygen atoms in total. The molecule has 1 aromatic rings. The van der Waals surface area contributed by atoms with E-state index >= 15 is 0 Å². The van der Waals surface area contributed by atoms with Gasteiger partial charge in [-0.15, -0.1) is 11.3 Å². The average molecular weight is 255 g/mol. The summed E-state index contributed by atoms with van der Waals surface area (Å²) in [5.41, 5.74) is 0. The van der Waals surface area contributed by atoms with Gasteiger partial charge in [-0.05, 0) is 18.4 Å². The second kappa shape index (κ2) is 4.85. The zero-order chi connectivity index (χ0) is 12.4. The maximum absolute atomic E-state index is 12.1. The first-order chi connectivity index (χ1) is 8.08. The first kappa shape index (κ1) is 12.1. The zero-order valence-corrected chi connectivity index (χ0v) is 10.1. The number of hydrogen-bond acceptors (Lipinski definition) is 4. The van der Waals surface area contributed by atoms with Crippen molar-refractivity contribution < 1.29 is 19.4 Å². The number of morpholine rings is 1. The first-order valence-electron chi connectivity index (χ1n) is 5.29. The summed E-state index contributed by atoms with van der Waals surface area (Å²) in [6, 6.07) is 3.54. The van der Waals surface area contributed by atoms with Gasteiger partial charge in [-0.2, -0.15) is 0 Å². The van der Waals surface area contributed by atoms with Gasteiger partial charge in [-0.1, -0.05) is 6.07 Å². The Bertz CT molecular complexity index is 417. The summed E-state index contributed by atoms with van der Waals surface area (Å²) in [6.07, 6.45) is -1.18. The molecular formula is C11H13NO4S. The van der Waals surface area contributed by atoms with Gasteiger partial charge in [0, 0.05) is 6.54 Å². The molecule has 1 fully saturated rings. The summed E-state index contributed by atoms with van der Waals surface area (Å²) in [6.45, 7) is 2.31. The molecule has 0 spiro atoms. The number of nitrogens with zero attached hydrogens (tertiary/aromatic N) is 1. The summed E-state index contributed by atoms with van der Waals surface area (Å²) in [5, 5.41) is 10.8. The zero-order valence-electron chi connectivity index (χ0n) is 9.33. The van der Waals surface area contributed by atoms with Gasteiger partial charge in [0.2, 0.25) is 0 Å². The molecule has 1 saturated heterocycles. The normalized spacial score (nSPS) is 24.6.